The minimum Gasteiger partial charge on any atom is -0.337 e. The van der Waals surface area contributed by atoms with Gasteiger partial charge in [-0.1, -0.05) is 30.3 Å². The highest BCUT2D eigenvalue weighted by Crippen LogP contribution is 2.13. The van der Waals surface area contributed by atoms with E-state index in [0.717, 1.165) is 5.56 Å². The second kappa shape index (κ2) is 8.24. The quantitative estimate of drug-likeness (QED) is 0.840. The minimum atomic E-state index is -0.267. The van der Waals surface area contributed by atoms with E-state index in [-0.39, 0.29) is 17.5 Å². The van der Waals surface area contributed by atoms with Crippen molar-refractivity contribution >= 4 is 23.8 Å². The number of rotatable bonds is 4. The lowest BCUT2D eigenvalue weighted by molar-refractivity contribution is -0.129. The maximum atomic E-state index is 12.9. The van der Waals surface area contributed by atoms with Gasteiger partial charge in [0.1, 0.15) is 5.70 Å². The molecule has 1 aliphatic rings. The molecule has 7 heteroatoms. The molecule has 0 radical (unpaired) electrons. The molecule has 0 saturated carbocycles. The van der Waals surface area contributed by atoms with Crippen molar-refractivity contribution in [1.82, 2.24) is 20.2 Å². The summed E-state index contributed by atoms with van der Waals surface area (Å²) in [4.78, 5) is 36.7. The molecule has 0 spiro atoms. The Labute approximate surface area is 152 Å². The molecule has 0 aliphatic carbocycles. The molecule has 1 N–H and O–H groups in total. The maximum absolute atomic E-state index is 12.9. The maximum Gasteiger partial charge on any atom is 0.270 e. The average Bonchev–Trinajstić information content (AvgIpc) is 2.68. The first-order valence-electron chi connectivity index (χ1n) is 8.49. The molecule has 3 rings (SSSR count). The van der Waals surface area contributed by atoms with E-state index >= 15 is 0 Å². The van der Waals surface area contributed by atoms with Crippen LogP contribution in [0.25, 0.3) is 6.08 Å². The van der Waals surface area contributed by atoms with Crippen LogP contribution in [0.5, 0.6) is 0 Å². The fraction of sp³-hybridized carbons (Fsp3) is 0.263. The van der Waals surface area contributed by atoms with E-state index in [9.17, 15) is 9.59 Å². The Bertz CT molecular complexity index is 784. The van der Waals surface area contributed by atoms with Crippen LogP contribution in [0, 0.1) is 0 Å². The molecule has 1 saturated heterocycles. The number of carbonyl (C=O) groups is 2. The Balaban J connectivity index is 1.70. The fourth-order valence-corrected chi connectivity index (χ4v) is 2.79. The van der Waals surface area contributed by atoms with E-state index < -0.39 is 0 Å². The molecule has 26 heavy (non-hydrogen) atoms. The second-order valence-electron chi connectivity index (χ2n) is 5.98. The van der Waals surface area contributed by atoms with Crippen LogP contribution < -0.4 is 10.2 Å². The Kier molecular flexibility index (Phi) is 5.58. The number of amides is 2. The van der Waals surface area contributed by atoms with Crippen molar-refractivity contribution in [2.45, 2.75) is 6.92 Å². The molecule has 7 nitrogen and oxygen atoms in total. The Morgan fingerprint density at radius 3 is 2.27 bits per heavy atom. The summed E-state index contributed by atoms with van der Waals surface area (Å²) < 4.78 is 0. The summed E-state index contributed by atoms with van der Waals surface area (Å²) in [6.45, 7) is 3.78. The van der Waals surface area contributed by atoms with Gasteiger partial charge >= 0.3 is 0 Å². The highest BCUT2D eigenvalue weighted by atomic mass is 16.2. The van der Waals surface area contributed by atoms with Crippen LogP contribution in [0.4, 0.5) is 5.95 Å². The number of anilines is 1. The van der Waals surface area contributed by atoms with E-state index in [2.05, 4.69) is 15.3 Å². The van der Waals surface area contributed by atoms with Gasteiger partial charge in [0.25, 0.3) is 5.91 Å². The summed E-state index contributed by atoms with van der Waals surface area (Å²) in [5.74, 6) is 0.219. The van der Waals surface area contributed by atoms with Gasteiger partial charge in [-0.15, -0.1) is 0 Å². The molecular formula is C19H21N5O2. The average molecular weight is 351 g/mol. The van der Waals surface area contributed by atoms with Crippen molar-refractivity contribution in [3.63, 3.8) is 0 Å². The van der Waals surface area contributed by atoms with Gasteiger partial charge in [0, 0.05) is 45.5 Å². The van der Waals surface area contributed by atoms with Gasteiger partial charge in [0.2, 0.25) is 11.9 Å². The zero-order valence-corrected chi connectivity index (χ0v) is 14.6. The second-order valence-corrected chi connectivity index (χ2v) is 5.98. The van der Waals surface area contributed by atoms with Crippen molar-refractivity contribution in [3.05, 3.63) is 60.1 Å². The van der Waals surface area contributed by atoms with E-state index in [0.29, 0.717) is 32.1 Å². The van der Waals surface area contributed by atoms with Crippen molar-refractivity contribution in [1.29, 1.82) is 0 Å². The highest BCUT2D eigenvalue weighted by molar-refractivity contribution is 6.01. The Morgan fingerprint density at radius 1 is 1.00 bits per heavy atom. The summed E-state index contributed by atoms with van der Waals surface area (Å²) in [5.41, 5.74) is 1.15. The predicted octanol–water partition coefficient (Wildman–Crippen LogP) is 1.30. The van der Waals surface area contributed by atoms with Gasteiger partial charge in [-0.05, 0) is 17.7 Å². The summed E-state index contributed by atoms with van der Waals surface area (Å²) in [7, 11) is 0. The van der Waals surface area contributed by atoms with Crippen molar-refractivity contribution in [2.24, 2.45) is 0 Å². The van der Waals surface area contributed by atoms with Gasteiger partial charge in [-0.2, -0.15) is 0 Å². The lowest BCUT2D eigenvalue weighted by Crippen LogP contribution is -2.50. The molecule has 1 fully saturated rings. The van der Waals surface area contributed by atoms with Crippen LogP contribution in [0.2, 0.25) is 0 Å². The van der Waals surface area contributed by atoms with Gasteiger partial charge in [0.05, 0.1) is 0 Å². The number of aromatic nitrogens is 2. The monoisotopic (exact) mass is 351 g/mol. The van der Waals surface area contributed by atoms with Crippen LogP contribution >= 0.6 is 0 Å². The number of nitrogens with one attached hydrogen (secondary N) is 1. The van der Waals surface area contributed by atoms with Crippen LogP contribution in [0.1, 0.15) is 12.5 Å². The number of hydrogen-bond acceptors (Lipinski definition) is 5. The van der Waals surface area contributed by atoms with Crippen molar-refractivity contribution in [3.8, 4) is 0 Å². The van der Waals surface area contributed by atoms with E-state index in [1.54, 1.807) is 29.4 Å². The molecule has 1 aromatic heterocycles. The molecule has 2 heterocycles. The summed E-state index contributed by atoms with van der Waals surface area (Å²) in [6.07, 6.45) is 5.12. The summed E-state index contributed by atoms with van der Waals surface area (Å²) >= 11 is 0. The van der Waals surface area contributed by atoms with Gasteiger partial charge in [-0.25, -0.2) is 9.97 Å². The summed E-state index contributed by atoms with van der Waals surface area (Å²) in [5, 5.41) is 2.66. The number of nitrogens with zero attached hydrogens (tertiary/aromatic N) is 4. The first-order valence-corrected chi connectivity index (χ1v) is 8.49. The van der Waals surface area contributed by atoms with Crippen molar-refractivity contribution in [2.75, 3.05) is 31.1 Å². The smallest absolute Gasteiger partial charge is 0.270 e. The predicted molar refractivity (Wildman–Crippen MR) is 99.1 cm³/mol. The zero-order chi connectivity index (χ0) is 18.4. The zero-order valence-electron chi connectivity index (χ0n) is 14.6. The number of hydrogen-bond donors (Lipinski definition) is 1. The summed E-state index contributed by atoms with van der Waals surface area (Å²) in [6, 6.07) is 11.2. The van der Waals surface area contributed by atoms with E-state index in [4.69, 9.17) is 0 Å². The van der Waals surface area contributed by atoms with Crippen LogP contribution in [0.15, 0.2) is 54.5 Å². The first kappa shape index (κ1) is 17.6. The molecule has 1 aliphatic heterocycles. The number of piperazine rings is 1. The Morgan fingerprint density at radius 2 is 1.65 bits per heavy atom. The fourth-order valence-electron chi connectivity index (χ4n) is 2.79. The number of benzene rings is 1. The molecule has 134 valence electrons. The van der Waals surface area contributed by atoms with Gasteiger partial charge in [-0.3, -0.25) is 9.59 Å². The normalized spacial score (nSPS) is 14.9. The molecule has 2 aromatic rings. The third-order valence-corrected chi connectivity index (χ3v) is 4.05. The molecule has 0 atom stereocenters. The molecular weight excluding hydrogens is 330 g/mol. The highest BCUT2D eigenvalue weighted by Gasteiger charge is 2.25. The molecule has 0 unspecified atom stereocenters. The molecule has 1 aromatic carbocycles. The van der Waals surface area contributed by atoms with E-state index in [1.165, 1.54) is 6.92 Å². The molecule has 2 amide bonds. The SMILES string of the molecule is CC(=O)N/C(=C\c1ccccc1)C(=O)N1CCN(c2ncccn2)CC1. The van der Waals surface area contributed by atoms with Crippen LogP contribution in [0.3, 0.4) is 0 Å². The minimum absolute atomic E-state index is 0.183. The van der Waals surface area contributed by atoms with Crippen LogP contribution in [-0.4, -0.2) is 52.9 Å². The first-order chi connectivity index (χ1) is 12.6. The third-order valence-electron chi connectivity index (χ3n) is 4.05. The lowest BCUT2D eigenvalue weighted by Gasteiger charge is -2.35. The topological polar surface area (TPSA) is 78.4 Å². The molecule has 0 bridgehead atoms. The van der Waals surface area contributed by atoms with Gasteiger partial charge in [0.15, 0.2) is 0 Å². The number of carbonyl (C=O) groups excluding carboxylic acids is 2. The van der Waals surface area contributed by atoms with E-state index in [1.807, 2.05) is 35.2 Å². The largest absolute Gasteiger partial charge is 0.337 e. The standard InChI is InChI=1S/C19H21N5O2/c1-15(25)22-17(14-16-6-3-2-4-7-16)18(26)23-10-12-24(13-11-23)19-20-8-5-9-21-19/h2-9,14H,10-13H2,1H3,(H,22,25)/b17-14-. The Hall–Kier alpha value is -3.22. The third kappa shape index (κ3) is 4.44. The van der Waals surface area contributed by atoms with Gasteiger partial charge < -0.3 is 15.1 Å². The lowest BCUT2D eigenvalue weighted by atomic mass is 10.1. The van der Waals surface area contributed by atoms with Crippen molar-refractivity contribution < 1.29 is 9.59 Å². The van der Waals surface area contributed by atoms with Crippen LogP contribution in [-0.2, 0) is 9.59 Å².